The van der Waals surface area contributed by atoms with Gasteiger partial charge in [0.05, 0.1) is 17.4 Å². The van der Waals surface area contributed by atoms with Gasteiger partial charge in [-0.25, -0.2) is 0 Å². The number of nitrogens with zero attached hydrogens (tertiary/aromatic N) is 2. The van der Waals surface area contributed by atoms with Gasteiger partial charge < -0.3 is 10.3 Å². The third kappa shape index (κ3) is 2.65. The number of hydrogen-bond donors (Lipinski definition) is 1. The lowest BCUT2D eigenvalue weighted by Crippen LogP contribution is -2.09. The Balaban J connectivity index is 1.61. The van der Waals surface area contributed by atoms with E-state index in [-0.39, 0.29) is 0 Å². The molecule has 0 spiro atoms. The number of aliphatic imine (C=N–C) groups is 1. The van der Waals surface area contributed by atoms with Gasteiger partial charge in [-0.3, -0.25) is 4.99 Å². The predicted molar refractivity (Wildman–Crippen MR) is 130 cm³/mol. The van der Waals surface area contributed by atoms with Crippen LogP contribution in [0.15, 0.2) is 96.0 Å². The summed E-state index contributed by atoms with van der Waals surface area (Å²) in [6, 6.07) is 31.7. The van der Waals surface area contributed by atoms with Crippen molar-refractivity contribution in [3.8, 4) is 0 Å². The van der Waals surface area contributed by atoms with Crippen molar-refractivity contribution in [2.24, 2.45) is 10.7 Å². The number of fused-ring (bicyclic) bond motifs is 6. The minimum atomic E-state index is -0.395. The smallest absolute Gasteiger partial charge is 0.124 e. The van der Waals surface area contributed by atoms with E-state index in [2.05, 4.69) is 70.2 Å². The van der Waals surface area contributed by atoms with Gasteiger partial charge in [0.15, 0.2) is 0 Å². The summed E-state index contributed by atoms with van der Waals surface area (Å²) in [5.74, 6) is 0. The van der Waals surface area contributed by atoms with Crippen LogP contribution in [0.25, 0.3) is 42.0 Å². The van der Waals surface area contributed by atoms with E-state index in [1.54, 1.807) is 0 Å². The van der Waals surface area contributed by atoms with Crippen LogP contribution >= 0.6 is 11.3 Å². The second kappa shape index (κ2) is 6.80. The molecule has 144 valence electrons. The summed E-state index contributed by atoms with van der Waals surface area (Å²) in [7, 11) is 0. The Kier molecular flexibility index (Phi) is 3.94. The van der Waals surface area contributed by atoms with Gasteiger partial charge >= 0.3 is 0 Å². The first-order valence-electron chi connectivity index (χ1n) is 9.97. The van der Waals surface area contributed by atoms with Crippen LogP contribution in [-0.2, 0) is 0 Å². The second-order valence-electron chi connectivity index (χ2n) is 7.47. The Morgan fingerprint density at radius 1 is 0.700 bits per heavy atom. The van der Waals surface area contributed by atoms with Crippen LogP contribution in [0.1, 0.15) is 11.7 Å². The van der Waals surface area contributed by atoms with Crippen molar-refractivity contribution in [3.05, 3.63) is 96.6 Å². The van der Waals surface area contributed by atoms with Crippen LogP contribution in [0.5, 0.6) is 0 Å². The van der Waals surface area contributed by atoms with Crippen molar-refractivity contribution in [3.63, 3.8) is 0 Å². The standard InChI is InChI=1S/C26H19N3S/c27-26(17-8-2-1-3-9-17)28-16-29-22-12-6-4-10-18(22)20-15-25-21(14-23(20)29)19-11-5-7-13-24(19)30-25/h1-16,26H,27H2/b28-16+. The number of hydrogen-bond acceptors (Lipinski definition) is 3. The summed E-state index contributed by atoms with van der Waals surface area (Å²) in [6.07, 6.45) is 1.48. The van der Waals surface area contributed by atoms with Crippen LogP contribution in [0.3, 0.4) is 0 Å². The fourth-order valence-electron chi connectivity index (χ4n) is 4.22. The molecule has 2 N–H and O–H groups in total. The molecule has 0 bridgehead atoms. The second-order valence-corrected chi connectivity index (χ2v) is 8.55. The Bertz CT molecular complexity index is 1560. The molecule has 30 heavy (non-hydrogen) atoms. The molecule has 0 aliphatic rings. The fourth-order valence-corrected chi connectivity index (χ4v) is 5.34. The third-order valence-corrected chi connectivity index (χ3v) is 6.83. The highest BCUT2D eigenvalue weighted by Gasteiger charge is 2.13. The molecule has 1 atom stereocenters. The Labute approximate surface area is 177 Å². The van der Waals surface area contributed by atoms with E-state index in [4.69, 9.17) is 5.73 Å². The average Bonchev–Trinajstić information content (AvgIpc) is 3.31. The number of nitrogens with two attached hydrogens (primary N) is 1. The molecule has 0 fully saturated rings. The Morgan fingerprint density at radius 3 is 2.30 bits per heavy atom. The summed E-state index contributed by atoms with van der Waals surface area (Å²) in [6.45, 7) is 0. The Morgan fingerprint density at radius 2 is 1.43 bits per heavy atom. The lowest BCUT2D eigenvalue weighted by atomic mass is 10.1. The van der Waals surface area contributed by atoms with Crippen LogP contribution in [-0.4, -0.2) is 10.9 Å². The summed E-state index contributed by atoms with van der Waals surface area (Å²) in [4.78, 5) is 4.69. The van der Waals surface area contributed by atoms with Gasteiger partial charge in [-0.2, -0.15) is 0 Å². The van der Waals surface area contributed by atoms with Crippen LogP contribution in [0.4, 0.5) is 0 Å². The van der Waals surface area contributed by atoms with E-state index in [0.29, 0.717) is 0 Å². The highest BCUT2D eigenvalue weighted by molar-refractivity contribution is 7.25. The lowest BCUT2D eigenvalue weighted by Gasteiger charge is -2.07. The number of aromatic nitrogens is 1. The molecule has 4 aromatic carbocycles. The van der Waals surface area contributed by atoms with Crippen LogP contribution < -0.4 is 5.73 Å². The third-order valence-electron chi connectivity index (χ3n) is 5.69. The molecule has 2 aromatic heterocycles. The highest BCUT2D eigenvalue weighted by Crippen LogP contribution is 2.39. The maximum Gasteiger partial charge on any atom is 0.124 e. The van der Waals surface area contributed by atoms with Crippen molar-refractivity contribution >= 4 is 59.7 Å². The first-order valence-corrected chi connectivity index (χ1v) is 10.8. The molecule has 2 heterocycles. The molecule has 0 saturated heterocycles. The normalized spacial score (nSPS) is 13.2. The summed E-state index contributed by atoms with van der Waals surface area (Å²) >= 11 is 1.85. The van der Waals surface area contributed by atoms with Gasteiger partial charge in [-0.15, -0.1) is 11.3 Å². The van der Waals surface area contributed by atoms with Gasteiger partial charge in [-0.1, -0.05) is 66.7 Å². The van der Waals surface area contributed by atoms with Gasteiger partial charge in [0.2, 0.25) is 0 Å². The van der Waals surface area contributed by atoms with Crippen molar-refractivity contribution in [2.75, 3.05) is 0 Å². The molecule has 4 heteroatoms. The minimum Gasteiger partial charge on any atom is -0.306 e. The van der Waals surface area contributed by atoms with Crippen molar-refractivity contribution in [2.45, 2.75) is 6.17 Å². The maximum atomic E-state index is 6.34. The van der Waals surface area contributed by atoms with E-state index < -0.39 is 6.17 Å². The molecular weight excluding hydrogens is 386 g/mol. The lowest BCUT2D eigenvalue weighted by molar-refractivity contribution is 0.776. The largest absolute Gasteiger partial charge is 0.306 e. The molecule has 0 radical (unpaired) electrons. The minimum absolute atomic E-state index is 0.395. The zero-order valence-electron chi connectivity index (χ0n) is 16.2. The monoisotopic (exact) mass is 405 g/mol. The van der Waals surface area contributed by atoms with Gasteiger partial charge in [-0.05, 0) is 29.8 Å². The van der Waals surface area contributed by atoms with E-state index in [0.717, 1.165) is 16.6 Å². The van der Waals surface area contributed by atoms with Crippen LogP contribution in [0, 0.1) is 0 Å². The van der Waals surface area contributed by atoms with E-state index in [1.165, 1.54) is 30.9 Å². The molecule has 6 rings (SSSR count). The van der Waals surface area contributed by atoms with Gasteiger partial charge in [0.25, 0.3) is 0 Å². The first-order chi connectivity index (χ1) is 14.8. The number of thiophene rings is 1. The Hall–Kier alpha value is -3.47. The van der Waals surface area contributed by atoms with E-state index >= 15 is 0 Å². The summed E-state index contributed by atoms with van der Waals surface area (Å²) in [5.41, 5.74) is 9.63. The number of benzene rings is 4. The summed E-state index contributed by atoms with van der Waals surface area (Å²) in [5, 5.41) is 5.05. The molecular formula is C26H19N3S. The zero-order chi connectivity index (χ0) is 20.1. The molecule has 0 saturated carbocycles. The highest BCUT2D eigenvalue weighted by atomic mass is 32.1. The summed E-state index contributed by atoms with van der Waals surface area (Å²) < 4.78 is 4.79. The quantitative estimate of drug-likeness (QED) is 0.258. The molecule has 0 aliphatic carbocycles. The molecule has 0 amide bonds. The zero-order valence-corrected chi connectivity index (χ0v) is 17.0. The fraction of sp³-hybridized carbons (Fsp3) is 0.0385. The van der Waals surface area contributed by atoms with Gasteiger partial charge in [0, 0.05) is 30.9 Å². The number of rotatable bonds is 3. The molecule has 6 aromatic rings. The molecule has 0 aliphatic heterocycles. The SMILES string of the molecule is NC(/N=C/n1c2ccccc2c2cc3sc4ccccc4c3cc21)c1ccccc1. The maximum absolute atomic E-state index is 6.34. The van der Waals surface area contributed by atoms with Gasteiger partial charge in [0.1, 0.15) is 6.17 Å². The van der Waals surface area contributed by atoms with E-state index in [9.17, 15) is 0 Å². The molecule has 3 nitrogen and oxygen atoms in total. The van der Waals surface area contributed by atoms with E-state index in [1.807, 2.05) is 48.0 Å². The number of para-hydroxylation sites is 1. The van der Waals surface area contributed by atoms with Crippen molar-refractivity contribution in [1.29, 1.82) is 0 Å². The first kappa shape index (κ1) is 17.4. The molecule has 1 unspecified atom stereocenters. The van der Waals surface area contributed by atoms with Crippen molar-refractivity contribution in [1.82, 2.24) is 4.57 Å². The van der Waals surface area contributed by atoms with Crippen LogP contribution in [0.2, 0.25) is 0 Å². The van der Waals surface area contributed by atoms with Crippen molar-refractivity contribution < 1.29 is 0 Å². The topological polar surface area (TPSA) is 43.3 Å². The predicted octanol–water partition coefficient (Wildman–Crippen LogP) is 6.70. The average molecular weight is 406 g/mol.